The van der Waals surface area contributed by atoms with Crippen LogP contribution in [0.1, 0.15) is 31.8 Å². The molecule has 4 aromatic carbocycles. The number of nitrogens with zero attached hydrogens (tertiary/aromatic N) is 1. The van der Waals surface area contributed by atoms with Gasteiger partial charge in [-0.05, 0) is 59.7 Å². The molecule has 4 aromatic rings. The standard InChI is InChI=1S/C34H25FN2O4/c1-41-22-17-14-21(15-18-22)31(38)30-29(32(39)23-9-3-5-11-25(23)35)34(24-10-4-6-12-26(24)36-33(34)40)28-19-16-20-8-2-7-13-27(20)37(28)30/h2-19,28-30H,1H3,(H,36,40)/t28-,29+,30-,34-/m0/s1. The van der Waals surface area contributed by atoms with Gasteiger partial charge in [0.25, 0.3) is 0 Å². The topological polar surface area (TPSA) is 75.7 Å². The van der Waals surface area contributed by atoms with Gasteiger partial charge in [0.2, 0.25) is 5.91 Å². The lowest BCUT2D eigenvalue weighted by Crippen LogP contribution is -2.51. The molecule has 3 aliphatic heterocycles. The number of Topliss-reactive ketones (excluding diaryl/α,β-unsaturated/α-hetero) is 2. The van der Waals surface area contributed by atoms with Crippen molar-refractivity contribution in [2.45, 2.75) is 17.5 Å². The minimum absolute atomic E-state index is 0.154. The molecule has 0 unspecified atom stereocenters. The SMILES string of the molecule is COc1ccc(C(=O)[C@@H]2[C@H](C(=O)c3ccccc3F)[C@@]3(C(=O)Nc4ccccc43)[C@@H]3C=Cc4ccccc4N23)cc1. The van der Waals surface area contributed by atoms with Crippen LogP contribution in [-0.2, 0) is 10.2 Å². The third-order valence-electron chi connectivity index (χ3n) is 8.61. The van der Waals surface area contributed by atoms with Crippen LogP contribution in [0.4, 0.5) is 15.8 Å². The van der Waals surface area contributed by atoms with E-state index in [1.807, 2.05) is 59.5 Å². The Hall–Kier alpha value is -5.04. The first kappa shape index (κ1) is 25.0. The van der Waals surface area contributed by atoms with E-state index in [2.05, 4.69) is 5.32 Å². The number of benzene rings is 4. The predicted molar refractivity (Wildman–Crippen MR) is 154 cm³/mol. The highest BCUT2D eigenvalue weighted by molar-refractivity contribution is 6.18. The molecule has 1 saturated heterocycles. The van der Waals surface area contributed by atoms with Crippen LogP contribution in [0, 0.1) is 11.7 Å². The minimum atomic E-state index is -1.49. The molecular formula is C34H25FN2O4. The summed E-state index contributed by atoms with van der Waals surface area (Å²) in [6.07, 6.45) is 3.82. The summed E-state index contributed by atoms with van der Waals surface area (Å²) in [5, 5.41) is 2.98. The van der Waals surface area contributed by atoms with Crippen LogP contribution < -0.4 is 15.0 Å². The molecule has 0 bridgehead atoms. The van der Waals surface area contributed by atoms with Gasteiger partial charge in [0.15, 0.2) is 11.6 Å². The summed E-state index contributed by atoms with van der Waals surface area (Å²) < 4.78 is 20.5. The van der Waals surface area contributed by atoms with E-state index in [0.717, 1.165) is 11.3 Å². The molecule has 6 nitrogen and oxygen atoms in total. The summed E-state index contributed by atoms with van der Waals surface area (Å²) in [5.74, 6) is -2.68. The fraction of sp³-hybridized carbons (Fsp3) is 0.147. The van der Waals surface area contributed by atoms with Gasteiger partial charge in [0.1, 0.15) is 23.0 Å². The lowest BCUT2D eigenvalue weighted by atomic mass is 9.64. The number of hydrogen-bond donors (Lipinski definition) is 1. The van der Waals surface area contributed by atoms with Crippen molar-refractivity contribution in [2.75, 3.05) is 17.3 Å². The third kappa shape index (κ3) is 3.45. The Morgan fingerprint density at radius 1 is 0.878 bits per heavy atom. The molecule has 41 heavy (non-hydrogen) atoms. The van der Waals surface area contributed by atoms with Gasteiger partial charge in [0, 0.05) is 16.9 Å². The molecule has 3 aliphatic rings. The zero-order valence-corrected chi connectivity index (χ0v) is 22.1. The van der Waals surface area contributed by atoms with Gasteiger partial charge < -0.3 is 15.0 Å². The van der Waals surface area contributed by atoms with E-state index in [1.54, 1.807) is 43.5 Å². The number of ether oxygens (including phenoxy) is 1. The average molecular weight is 545 g/mol. The molecule has 1 spiro atoms. The van der Waals surface area contributed by atoms with E-state index in [9.17, 15) is 14.4 Å². The summed E-state index contributed by atoms with van der Waals surface area (Å²) in [7, 11) is 1.54. The largest absolute Gasteiger partial charge is 0.497 e. The average Bonchev–Trinajstić information content (AvgIpc) is 3.49. The molecule has 0 aromatic heterocycles. The zero-order valence-electron chi connectivity index (χ0n) is 22.1. The highest BCUT2D eigenvalue weighted by Gasteiger charge is 2.70. The number of anilines is 2. The van der Waals surface area contributed by atoms with Gasteiger partial charge in [-0.3, -0.25) is 14.4 Å². The Kier molecular flexibility index (Phi) is 5.64. The second kappa shape index (κ2) is 9.27. The van der Waals surface area contributed by atoms with E-state index in [0.29, 0.717) is 22.6 Å². The maximum absolute atomic E-state index is 15.3. The Bertz CT molecular complexity index is 1760. The van der Waals surface area contributed by atoms with Crippen molar-refractivity contribution < 1.29 is 23.5 Å². The fourth-order valence-corrected chi connectivity index (χ4v) is 6.87. The Morgan fingerprint density at radius 2 is 1.59 bits per heavy atom. The van der Waals surface area contributed by atoms with Crippen LogP contribution in [0.3, 0.4) is 0 Å². The van der Waals surface area contributed by atoms with E-state index < -0.39 is 40.9 Å². The smallest absolute Gasteiger partial charge is 0.238 e. The maximum atomic E-state index is 15.3. The first-order valence-electron chi connectivity index (χ1n) is 13.4. The van der Waals surface area contributed by atoms with Crippen LogP contribution in [-0.4, -0.2) is 36.7 Å². The second-order valence-corrected chi connectivity index (χ2v) is 10.5. The van der Waals surface area contributed by atoms with Crippen LogP contribution >= 0.6 is 0 Å². The first-order valence-corrected chi connectivity index (χ1v) is 13.4. The number of carbonyl (C=O) groups excluding carboxylic acids is 3. The molecule has 202 valence electrons. The summed E-state index contributed by atoms with van der Waals surface area (Å²) in [6, 6.07) is 25.4. The number of halogens is 1. The molecule has 1 N–H and O–H groups in total. The number of rotatable bonds is 5. The van der Waals surface area contributed by atoms with Crippen LogP contribution in [0.2, 0.25) is 0 Å². The number of methoxy groups -OCH3 is 1. The molecule has 3 heterocycles. The Morgan fingerprint density at radius 3 is 2.37 bits per heavy atom. The normalized spacial score (nSPS) is 23.5. The number of fused-ring (bicyclic) bond motifs is 6. The Balaban J connectivity index is 1.53. The minimum Gasteiger partial charge on any atom is -0.497 e. The monoisotopic (exact) mass is 544 g/mol. The molecule has 1 fully saturated rings. The molecule has 0 saturated carbocycles. The number of hydrogen-bond acceptors (Lipinski definition) is 5. The van der Waals surface area contributed by atoms with Crippen molar-refractivity contribution in [2.24, 2.45) is 5.92 Å². The fourth-order valence-electron chi connectivity index (χ4n) is 6.87. The van der Waals surface area contributed by atoms with Crippen molar-refractivity contribution in [1.82, 2.24) is 0 Å². The predicted octanol–water partition coefficient (Wildman–Crippen LogP) is 5.69. The molecule has 7 heteroatoms. The molecule has 0 radical (unpaired) electrons. The van der Waals surface area contributed by atoms with Crippen molar-refractivity contribution >= 4 is 34.9 Å². The molecule has 4 atom stereocenters. The zero-order chi connectivity index (χ0) is 28.3. The second-order valence-electron chi connectivity index (χ2n) is 10.5. The molecule has 0 aliphatic carbocycles. The third-order valence-corrected chi connectivity index (χ3v) is 8.61. The van der Waals surface area contributed by atoms with Gasteiger partial charge in [-0.25, -0.2) is 4.39 Å². The summed E-state index contributed by atoms with van der Waals surface area (Å²) in [4.78, 5) is 45.5. The van der Waals surface area contributed by atoms with E-state index in [4.69, 9.17) is 4.74 Å². The van der Waals surface area contributed by atoms with E-state index in [1.165, 1.54) is 18.2 Å². The quantitative estimate of drug-likeness (QED) is 0.327. The van der Waals surface area contributed by atoms with Gasteiger partial charge in [-0.15, -0.1) is 0 Å². The summed E-state index contributed by atoms with van der Waals surface area (Å²) >= 11 is 0. The number of carbonyl (C=O) groups is 3. The van der Waals surface area contributed by atoms with E-state index in [-0.39, 0.29) is 11.3 Å². The Labute approximate surface area is 236 Å². The molecule has 7 rings (SSSR count). The number of amides is 1. The van der Waals surface area contributed by atoms with Crippen molar-refractivity contribution in [3.05, 3.63) is 131 Å². The molecule has 1 amide bonds. The first-order chi connectivity index (χ1) is 20.0. The highest BCUT2D eigenvalue weighted by Crippen LogP contribution is 2.58. The van der Waals surface area contributed by atoms with Gasteiger partial charge in [-0.1, -0.05) is 60.7 Å². The maximum Gasteiger partial charge on any atom is 0.238 e. The summed E-state index contributed by atoms with van der Waals surface area (Å²) in [5.41, 5.74) is 1.49. The van der Waals surface area contributed by atoms with Gasteiger partial charge in [0.05, 0.1) is 24.6 Å². The molecular weight excluding hydrogens is 519 g/mol. The van der Waals surface area contributed by atoms with Gasteiger partial charge in [-0.2, -0.15) is 0 Å². The van der Waals surface area contributed by atoms with Crippen LogP contribution in [0.25, 0.3) is 6.08 Å². The number of para-hydroxylation sites is 2. The number of ketones is 2. The lowest BCUT2D eigenvalue weighted by Gasteiger charge is -2.37. The van der Waals surface area contributed by atoms with E-state index >= 15 is 4.39 Å². The highest BCUT2D eigenvalue weighted by atomic mass is 19.1. The summed E-state index contributed by atoms with van der Waals surface area (Å²) in [6.45, 7) is 0. The van der Waals surface area contributed by atoms with Crippen molar-refractivity contribution in [1.29, 1.82) is 0 Å². The number of nitrogens with one attached hydrogen (secondary N) is 1. The van der Waals surface area contributed by atoms with Gasteiger partial charge >= 0.3 is 0 Å². The van der Waals surface area contributed by atoms with Crippen molar-refractivity contribution in [3.8, 4) is 5.75 Å². The van der Waals surface area contributed by atoms with Crippen LogP contribution in [0.5, 0.6) is 5.75 Å². The lowest BCUT2D eigenvalue weighted by molar-refractivity contribution is -0.121. The van der Waals surface area contributed by atoms with Crippen molar-refractivity contribution in [3.63, 3.8) is 0 Å². The van der Waals surface area contributed by atoms with Crippen LogP contribution in [0.15, 0.2) is 103 Å².